The van der Waals surface area contributed by atoms with Crippen molar-refractivity contribution in [1.82, 2.24) is 15.5 Å². The average Bonchev–Trinajstić information content (AvgIpc) is 3.29. The molecule has 0 radical (unpaired) electrons. The van der Waals surface area contributed by atoms with Gasteiger partial charge in [0.25, 0.3) is 0 Å². The summed E-state index contributed by atoms with van der Waals surface area (Å²) in [6.07, 6.45) is 4.26. The van der Waals surface area contributed by atoms with Gasteiger partial charge in [-0.1, -0.05) is 17.6 Å². The summed E-state index contributed by atoms with van der Waals surface area (Å²) in [5.41, 5.74) is 1.13. The molecule has 1 aromatic heterocycles. The first kappa shape index (κ1) is 15.4. The first-order chi connectivity index (χ1) is 11.7. The van der Waals surface area contributed by atoms with Crippen molar-refractivity contribution in [3.63, 3.8) is 0 Å². The van der Waals surface area contributed by atoms with E-state index in [0.717, 1.165) is 42.5 Å². The minimum Gasteiger partial charge on any atom is -0.493 e. The molecule has 2 fully saturated rings. The van der Waals surface area contributed by atoms with Crippen molar-refractivity contribution in [2.75, 3.05) is 27.3 Å². The van der Waals surface area contributed by atoms with Gasteiger partial charge in [0.1, 0.15) is 0 Å². The molecule has 0 spiro atoms. The second-order valence-corrected chi connectivity index (χ2v) is 6.76. The van der Waals surface area contributed by atoms with Crippen LogP contribution in [0.15, 0.2) is 22.7 Å². The molecule has 0 amide bonds. The number of methoxy groups -OCH3 is 2. The lowest BCUT2D eigenvalue weighted by Crippen LogP contribution is -2.31. The van der Waals surface area contributed by atoms with Crippen molar-refractivity contribution in [2.45, 2.75) is 31.1 Å². The van der Waals surface area contributed by atoms with Crippen LogP contribution in [0.25, 0.3) is 0 Å². The predicted octanol–water partition coefficient (Wildman–Crippen LogP) is 2.32. The van der Waals surface area contributed by atoms with E-state index in [4.69, 9.17) is 19.0 Å². The molecule has 2 heterocycles. The Morgan fingerprint density at radius 3 is 3.00 bits per heavy atom. The van der Waals surface area contributed by atoms with Gasteiger partial charge < -0.3 is 19.3 Å². The van der Waals surface area contributed by atoms with Crippen LogP contribution in [0, 0.1) is 5.92 Å². The minimum atomic E-state index is 0.0584. The molecule has 1 aromatic carbocycles. The number of hydrogen-bond donors (Lipinski definition) is 1. The molecular formula is C18H23N3O3. The Hall–Kier alpha value is -2.08. The van der Waals surface area contributed by atoms with Gasteiger partial charge in [0, 0.05) is 13.0 Å². The standard InChI is InChI=1S/C18H23N3O3/c1-22-14-6-5-12(8-15(14)23-2)9-16-20-17(24-21-16)18-7-3-4-13(18)10-19-11-18/h5-6,8,13,19H,3-4,7,9-11H2,1-2H3/t13-,18-/m1/s1. The molecule has 6 nitrogen and oxygen atoms in total. The molecule has 1 saturated heterocycles. The highest BCUT2D eigenvalue weighted by Crippen LogP contribution is 2.47. The summed E-state index contributed by atoms with van der Waals surface area (Å²) in [6, 6.07) is 5.87. The zero-order valence-corrected chi connectivity index (χ0v) is 14.2. The van der Waals surface area contributed by atoms with Crippen LogP contribution in [0.5, 0.6) is 11.5 Å². The smallest absolute Gasteiger partial charge is 0.234 e. The van der Waals surface area contributed by atoms with Crippen molar-refractivity contribution in [3.05, 3.63) is 35.5 Å². The zero-order chi connectivity index (χ0) is 16.6. The fourth-order valence-electron chi connectivity index (χ4n) is 4.20. The van der Waals surface area contributed by atoms with Gasteiger partial charge in [0.05, 0.1) is 19.6 Å². The van der Waals surface area contributed by atoms with E-state index < -0.39 is 0 Å². The van der Waals surface area contributed by atoms with Gasteiger partial charge in [-0.15, -0.1) is 0 Å². The maximum atomic E-state index is 5.67. The number of hydrogen-bond acceptors (Lipinski definition) is 6. The molecule has 2 aliphatic rings. The number of fused-ring (bicyclic) bond motifs is 1. The largest absolute Gasteiger partial charge is 0.493 e. The van der Waals surface area contributed by atoms with Crippen LogP contribution in [0.3, 0.4) is 0 Å². The van der Waals surface area contributed by atoms with Crippen molar-refractivity contribution < 1.29 is 14.0 Å². The molecule has 1 N–H and O–H groups in total. The van der Waals surface area contributed by atoms with Crippen LogP contribution >= 0.6 is 0 Å². The highest BCUT2D eigenvalue weighted by molar-refractivity contribution is 5.43. The second kappa shape index (κ2) is 6.09. The van der Waals surface area contributed by atoms with E-state index >= 15 is 0 Å². The minimum absolute atomic E-state index is 0.0584. The van der Waals surface area contributed by atoms with Crippen LogP contribution in [0.4, 0.5) is 0 Å². The third kappa shape index (κ3) is 2.45. The van der Waals surface area contributed by atoms with Gasteiger partial charge in [-0.25, -0.2) is 0 Å². The topological polar surface area (TPSA) is 69.4 Å². The fraction of sp³-hybridized carbons (Fsp3) is 0.556. The molecule has 1 saturated carbocycles. The molecule has 0 unspecified atom stereocenters. The number of benzene rings is 1. The summed E-state index contributed by atoms with van der Waals surface area (Å²) in [6.45, 7) is 2.02. The van der Waals surface area contributed by atoms with E-state index in [9.17, 15) is 0 Å². The molecular weight excluding hydrogens is 306 g/mol. The van der Waals surface area contributed by atoms with Crippen molar-refractivity contribution in [1.29, 1.82) is 0 Å². The van der Waals surface area contributed by atoms with Gasteiger partial charge in [0.15, 0.2) is 17.3 Å². The lowest BCUT2D eigenvalue weighted by atomic mass is 9.80. The highest BCUT2D eigenvalue weighted by Gasteiger charge is 2.51. The Balaban J connectivity index is 1.56. The summed E-state index contributed by atoms with van der Waals surface area (Å²) in [5.74, 6) is 3.61. The molecule has 2 aromatic rings. The SMILES string of the molecule is COc1ccc(Cc2noc([C@@]34CCC[C@@H]3CNC4)n2)cc1OC. The van der Waals surface area contributed by atoms with Crippen molar-refractivity contribution in [3.8, 4) is 11.5 Å². The second-order valence-electron chi connectivity index (χ2n) is 6.76. The molecule has 128 valence electrons. The fourth-order valence-corrected chi connectivity index (χ4v) is 4.20. The lowest BCUT2D eigenvalue weighted by Gasteiger charge is -2.22. The molecule has 6 heteroatoms. The van der Waals surface area contributed by atoms with Gasteiger partial charge in [0.2, 0.25) is 5.89 Å². The van der Waals surface area contributed by atoms with Gasteiger partial charge in [-0.2, -0.15) is 4.98 Å². The highest BCUT2D eigenvalue weighted by atomic mass is 16.5. The van der Waals surface area contributed by atoms with Crippen LogP contribution in [0.1, 0.15) is 36.5 Å². The summed E-state index contributed by atoms with van der Waals surface area (Å²) in [5, 5.41) is 7.72. The monoisotopic (exact) mass is 329 g/mol. The Kier molecular flexibility index (Phi) is 3.92. The van der Waals surface area contributed by atoms with Gasteiger partial charge in [-0.3, -0.25) is 0 Å². The maximum Gasteiger partial charge on any atom is 0.234 e. The first-order valence-electron chi connectivity index (χ1n) is 8.50. The summed E-state index contributed by atoms with van der Waals surface area (Å²) < 4.78 is 16.3. The number of nitrogens with zero attached hydrogens (tertiary/aromatic N) is 2. The van der Waals surface area contributed by atoms with Crippen LogP contribution in [-0.2, 0) is 11.8 Å². The Morgan fingerprint density at radius 1 is 1.29 bits per heavy atom. The van der Waals surface area contributed by atoms with Crippen LogP contribution < -0.4 is 14.8 Å². The zero-order valence-electron chi connectivity index (χ0n) is 14.2. The Labute approximate surface area is 141 Å². The lowest BCUT2D eigenvalue weighted by molar-refractivity contribution is 0.264. The maximum absolute atomic E-state index is 5.67. The van der Waals surface area contributed by atoms with E-state index in [1.807, 2.05) is 18.2 Å². The third-order valence-electron chi connectivity index (χ3n) is 5.49. The number of rotatable bonds is 5. The Morgan fingerprint density at radius 2 is 2.17 bits per heavy atom. The van der Waals surface area contributed by atoms with Crippen LogP contribution in [-0.4, -0.2) is 37.4 Å². The normalized spacial score (nSPS) is 25.7. The van der Waals surface area contributed by atoms with E-state index in [1.54, 1.807) is 14.2 Å². The molecule has 0 bridgehead atoms. The van der Waals surface area contributed by atoms with E-state index in [1.165, 1.54) is 12.8 Å². The number of nitrogens with one attached hydrogen (secondary N) is 1. The first-order valence-corrected chi connectivity index (χ1v) is 8.50. The van der Waals surface area contributed by atoms with Crippen LogP contribution in [0.2, 0.25) is 0 Å². The molecule has 24 heavy (non-hydrogen) atoms. The Bertz CT molecular complexity index is 718. The van der Waals surface area contributed by atoms with Gasteiger partial charge in [-0.05, 0) is 43.0 Å². The summed E-state index contributed by atoms with van der Waals surface area (Å²) >= 11 is 0. The summed E-state index contributed by atoms with van der Waals surface area (Å²) in [7, 11) is 3.27. The number of ether oxygens (including phenoxy) is 2. The predicted molar refractivity (Wildman–Crippen MR) is 88.5 cm³/mol. The van der Waals surface area contributed by atoms with E-state index in [-0.39, 0.29) is 5.41 Å². The van der Waals surface area contributed by atoms with E-state index in [0.29, 0.717) is 18.1 Å². The van der Waals surface area contributed by atoms with Crippen molar-refractivity contribution in [2.24, 2.45) is 5.92 Å². The molecule has 1 aliphatic carbocycles. The molecule has 2 atom stereocenters. The van der Waals surface area contributed by atoms with Gasteiger partial charge >= 0.3 is 0 Å². The molecule has 1 aliphatic heterocycles. The average molecular weight is 329 g/mol. The van der Waals surface area contributed by atoms with Crippen molar-refractivity contribution >= 4 is 0 Å². The van der Waals surface area contributed by atoms with E-state index in [2.05, 4.69) is 10.5 Å². The number of aromatic nitrogens is 2. The third-order valence-corrected chi connectivity index (χ3v) is 5.49. The summed E-state index contributed by atoms with van der Waals surface area (Å²) in [4.78, 5) is 4.73. The quantitative estimate of drug-likeness (QED) is 0.908. The molecule has 4 rings (SSSR count).